The van der Waals surface area contributed by atoms with Crippen molar-refractivity contribution in [3.05, 3.63) is 22.7 Å². The van der Waals surface area contributed by atoms with Crippen LogP contribution in [0.2, 0.25) is 0 Å². The zero-order valence-electron chi connectivity index (χ0n) is 10.0. The van der Waals surface area contributed by atoms with E-state index >= 15 is 0 Å². The van der Waals surface area contributed by atoms with Crippen molar-refractivity contribution in [3.8, 4) is 11.4 Å². The van der Waals surface area contributed by atoms with Crippen LogP contribution in [0, 0.1) is 0 Å². The predicted octanol–water partition coefficient (Wildman–Crippen LogP) is 1.72. The minimum Gasteiger partial charge on any atom is -0.399 e. The van der Waals surface area contributed by atoms with Gasteiger partial charge in [0.2, 0.25) is 0 Å². The van der Waals surface area contributed by atoms with E-state index in [0.717, 1.165) is 10.0 Å². The average Bonchev–Trinajstić information content (AvgIpc) is 2.81. The van der Waals surface area contributed by atoms with Gasteiger partial charge in [-0.15, -0.1) is 5.10 Å². The average molecular weight is 312 g/mol. The van der Waals surface area contributed by atoms with E-state index < -0.39 is 0 Å². The Labute approximate surface area is 113 Å². The van der Waals surface area contributed by atoms with Gasteiger partial charge in [0.1, 0.15) is 0 Å². The minimum absolute atomic E-state index is 0.578. The predicted molar refractivity (Wildman–Crippen MR) is 71.9 cm³/mol. The summed E-state index contributed by atoms with van der Waals surface area (Å²) in [5.41, 5.74) is 7.33. The molecule has 0 aliphatic rings. The normalized spacial score (nSPS) is 10.8. The molecule has 2 rings (SSSR count). The molecule has 0 amide bonds. The molecule has 2 aromatic rings. The lowest BCUT2D eigenvalue weighted by molar-refractivity contribution is 0.136. The van der Waals surface area contributed by atoms with Crippen LogP contribution >= 0.6 is 15.9 Å². The highest BCUT2D eigenvalue weighted by Crippen LogP contribution is 2.28. The lowest BCUT2D eigenvalue weighted by atomic mass is 10.2. The van der Waals surface area contributed by atoms with Crippen LogP contribution < -0.4 is 5.73 Å². The molecule has 0 saturated heterocycles. The Morgan fingerprint density at radius 3 is 3.06 bits per heavy atom. The molecular weight excluding hydrogens is 298 g/mol. The Hall–Kier alpha value is -1.47. The molecule has 0 aliphatic heterocycles. The second-order valence-corrected chi connectivity index (χ2v) is 4.52. The fourth-order valence-corrected chi connectivity index (χ4v) is 1.98. The molecule has 1 aromatic heterocycles. The second-order valence-electron chi connectivity index (χ2n) is 3.66. The summed E-state index contributed by atoms with van der Waals surface area (Å²) in [6.45, 7) is 3.82. The van der Waals surface area contributed by atoms with Crippen LogP contribution in [-0.4, -0.2) is 33.4 Å². The first-order valence-corrected chi connectivity index (χ1v) is 6.41. The second kappa shape index (κ2) is 5.92. The maximum atomic E-state index is 5.78. The summed E-state index contributed by atoms with van der Waals surface area (Å²) in [6, 6.07) is 5.54. The van der Waals surface area contributed by atoms with Crippen LogP contribution in [0.5, 0.6) is 0 Å². The molecule has 96 valence electrons. The fourth-order valence-electron chi connectivity index (χ4n) is 1.56. The molecule has 1 aromatic carbocycles. The first-order valence-electron chi connectivity index (χ1n) is 5.61. The van der Waals surface area contributed by atoms with Crippen molar-refractivity contribution in [1.29, 1.82) is 0 Å². The topological polar surface area (TPSA) is 78.8 Å². The maximum Gasteiger partial charge on any atom is 0.183 e. The molecule has 0 bridgehead atoms. The van der Waals surface area contributed by atoms with Crippen LogP contribution in [0.1, 0.15) is 6.92 Å². The Balaban J connectivity index is 2.27. The molecule has 1 heterocycles. The molecule has 6 nitrogen and oxygen atoms in total. The van der Waals surface area contributed by atoms with Crippen molar-refractivity contribution >= 4 is 21.6 Å². The van der Waals surface area contributed by atoms with Crippen molar-refractivity contribution in [3.63, 3.8) is 0 Å². The van der Waals surface area contributed by atoms with Crippen LogP contribution in [0.15, 0.2) is 22.7 Å². The summed E-state index contributed by atoms with van der Waals surface area (Å²) in [5, 5.41) is 11.7. The summed E-state index contributed by atoms with van der Waals surface area (Å²) < 4.78 is 7.91. The third-order valence-corrected chi connectivity index (χ3v) is 3.11. The molecule has 0 unspecified atom stereocenters. The third kappa shape index (κ3) is 2.85. The van der Waals surface area contributed by atoms with Gasteiger partial charge in [0, 0.05) is 22.3 Å². The van der Waals surface area contributed by atoms with Crippen LogP contribution in [-0.2, 0) is 11.3 Å². The van der Waals surface area contributed by atoms with Gasteiger partial charge in [-0.2, -0.15) is 0 Å². The number of ether oxygens (including phenoxy) is 1. The van der Waals surface area contributed by atoms with E-state index in [1.54, 1.807) is 4.68 Å². The number of nitrogen functional groups attached to an aromatic ring is 1. The number of hydrogen-bond donors (Lipinski definition) is 1. The van der Waals surface area contributed by atoms with E-state index in [9.17, 15) is 0 Å². The van der Waals surface area contributed by atoms with Crippen LogP contribution in [0.4, 0.5) is 5.69 Å². The van der Waals surface area contributed by atoms with Crippen molar-refractivity contribution in [2.45, 2.75) is 13.5 Å². The third-order valence-electron chi connectivity index (χ3n) is 2.41. The Bertz CT molecular complexity index is 528. The number of rotatable bonds is 5. The van der Waals surface area contributed by atoms with Crippen molar-refractivity contribution in [2.75, 3.05) is 18.9 Å². The summed E-state index contributed by atoms with van der Waals surface area (Å²) >= 11 is 3.47. The van der Waals surface area contributed by atoms with Gasteiger partial charge in [0.25, 0.3) is 0 Å². The summed E-state index contributed by atoms with van der Waals surface area (Å²) in [5.74, 6) is 0.675. The molecule has 7 heteroatoms. The van der Waals surface area contributed by atoms with Crippen LogP contribution in [0.3, 0.4) is 0 Å². The lowest BCUT2D eigenvalue weighted by Crippen LogP contribution is -2.09. The number of nitrogens with two attached hydrogens (primary N) is 1. The fraction of sp³-hybridized carbons (Fsp3) is 0.364. The van der Waals surface area contributed by atoms with Crippen molar-refractivity contribution in [1.82, 2.24) is 20.2 Å². The van der Waals surface area contributed by atoms with Crippen molar-refractivity contribution in [2.24, 2.45) is 0 Å². The van der Waals surface area contributed by atoms with Gasteiger partial charge in [0.15, 0.2) is 5.82 Å². The van der Waals surface area contributed by atoms with Gasteiger partial charge in [-0.1, -0.05) is 15.9 Å². The number of anilines is 1. The molecular formula is C11H14BrN5O. The van der Waals surface area contributed by atoms with E-state index in [1.165, 1.54) is 0 Å². The van der Waals surface area contributed by atoms with Gasteiger partial charge in [-0.25, -0.2) is 4.68 Å². The Morgan fingerprint density at radius 2 is 2.28 bits per heavy atom. The number of nitrogens with zero attached hydrogens (tertiary/aromatic N) is 4. The largest absolute Gasteiger partial charge is 0.399 e. The molecule has 2 N–H and O–H groups in total. The highest BCUT2D eigenvalue weighted by Gasteiger charge is 2.12. The van der Waals surface area contributed by atoms with E-state index in [2.05, 4.69) is 31.5 Å². The molecule has 18 heavy (non-hydrogen) atoms. The highest BCUT2D eigenvalue weighted by atomic mass is 79.9. The number of tetrazole rings is 1. The standard InChI is InChI=1S/C11H14BrN5O/c1-2-18-6-5-17-11(14-15-16-17)9-7-8(13)3-4-10(9)12/h3-4,7H,2,5-6,13H2,1H3. The molecule has 0 fully saturated rings. The Morgan fingerprint density at radius 1 is 1.44 bits per heavy atom. The minimum atomic E-state index is 0.578. The molecule has 0 saturated carbocycles. The van der Waals surface area contributed by atoms with Crippen molar-refractivity contribution < 1.29 is 4.74 Å². The molecule has 0 aliphatic carbocycles. The van der Waals surface area contributed by atoms with Crippen LogP contribution in [0.25, 0.3) is 11.4 Å². The first kappa shape index (κ1) is 13.0. The van der Waals surface area contributed by atoms with E-state index in [0.29, 0.717) is 31.3 Å². The SMILES string of the molecule is CCOCCn1nnnc1-c1cc(N)ccc1Br. The zero-order valence-corrected chi connectivity index (χ0v) is 11.6. The zero-order chi connectivity index (χ0) is 13.0. The highest BCUT2D eigenvalue weighted by molar-refractivity contribution is 9.10. The van der Waals surface area contributed by atoms with Gasteiger partial charge in [-0.3, -0.25) is 0 Å². The maximum absolute atomic E-state index is 5.78. The molecule has 0 atom stereocenters. The monoisotopic (exact) mass is 311 g/mol. The number of hydrogen-bond acceptors (Lipinski definition) is 5. The van der Waals surface area contributed by atoms with Gasteiger partial charge >= 0.3 is 0 Å². The van der Waals surface area contributed by atoms with Gasteiger partial charge in [0.05, 0.1) is 13.2 Å². The number of aromatic nitrogens is 4. The molecule has 0 radical (unpaired) electrons. The summed E-state index contributed by atoms with van der Waals surface area (Å²) in [7, 11) is 0. The Kier molecular flexibility index (Phi) is 4.27. The van der Waals surface area contributed by atoms with E-state index in [-0.39, 0.29) is 0 Å². The van der Waals surface area contributed by atoms with Gasteiger partial charge < -0.3 is 10.5 Å². The number of halogens is 1. The lowest BCUT2D eigenvalue weighted by Gasteiger charge is -2.07. The number of benzene rings is 1. The first-order chi connectivity index (χ1) is 8.72. The van der Waals surface area contributed by atoms with Gasteiger partial charge in [-0.05, 0) is 35.5 Å². The molecule has 0 spiro atoms. The quantitative estimate of drug-likeness (QED) is 0.672. The van der Waals surface area contributed by atoms with E-state index in [4.69, 9.17) is 10.5 Å². The summed E-state index contributed by atoms with van der Waals surface area (Å²) in [6.07, 6.45) is 0. The summed E-state index contributed by atoms with van der Waals surface area (Å²) in [4.78, 5) is 0. The van der Waals surface area contributed by atoms with E-state index in [1.807, 2.05) is 25.1 Å². The smallest absolute Gasteiger partial charge is 0.183 e.